The van der Waals surface area contributed by atoms with Crippen molar-refractivity contribution in [2.24, 2.45) is 7.05 Å². The third kappa shape index (κ3) is 6.78. The number of halogens is 1. The molecule has 1 amide bonds. The molecule has 1 aromatic heterocycles. The molecule has 2 rings (SSSR count). The highest BCUT2D eigenvalue weighted by Crippen LogP contribution is 2.19. The Balaban J connectivity index is 1.95. The van der Waals surface area contributed by atoms with Crippen LogP contribution in [0.5, 0.6) is 0 Å². The quantitative estimate of drug-likeness (QED) is 0.341. The summed E-state index contributed by atoms with van der Waals surface area (Å²) in [4.78, 5) is 29.1. The Morgan fingerprint density at radius 3 is 2.57 bits per heavy atom. The monoisotopic (exact) mass is 465 g/mol. The summed E-state index contributed by atoms with van der Waals surface area (Å²) in [6.07, 6.45) is 2.86. The van der Waals surface area contributed by atoms with Crippen LogP contribution in [0, 0.1) is 6.92 Å². The van der Waals surface area contributed by atoms with E-state index >= 15 is 0 Å². The van der Waals surface area contributed by atoms with Crippen LogP contribution in [-0.2, 0) is 18.3 Å². The highest BCUT2D eigenvalue weighted by atomic mass is 79.9. The number of thioether (sulfide) groups is 1. The Labute approximate surface area is 179 Å². The molecule has 0 radical (unpaired) electrons. The standard InChI is InChI=1S/C21H28BrN3O2S/c1-14(2)23-19(26)7-5-6-12-28-21-24-15(3)18(20(27)25(21)4)13-16-8-10-17(22)11-9-16/h8-11,14H,5-7,12-13H2,1-4H3,(H,23,26). The molecule has 0 atom stereocenters. The van der Waals surface area contributed by atoms with E-state index in [4.69, 9.17) is 0 Å². The predicted octanol–water partition coefficient (Wildman–Crippen LogP) is 4.23. The van der Waals surface area contributed by atoms with E-state index in [1.807, 2.05) is 45.0 Å². The van der Waals surface area contributed by atoms with E-state index in [0.29, 0.717) is 12.8 Å². The van der Waals surface area contributed by atoms with Crippen LogP contribution in [0.3, 0.4) is 0 Å². The van der Waals surface area contributed by atoms with Crippen LogP contribution >= 0.6 is 27.7 Å². The smallest absolute Gasteiger partial charge is 0.257 e. The van der Waals surface area contributed by atoms with Gasteiger partial charge < -0.3 is 5.32 Å². The maximum absolute atomic E-state index is 12.8. The third-order valence-corrected chi connectivity index (χ3v) is 5.97. The summed E-state index contributed by atoms with van der Waals surface area (Å²) in [5, 5.41) is 3.63. The van der Waals surface area contributed by atoms with E-state index in [9.17, 15) is 9.59 Å². The average Bonchev–Trinajstić information content (AvgIpc) is 2.63. The second kappa shape index (κ2) is 10.8. The van der Waals surface area contributed by atoms with Gasteiger partial charge in [0, 0.05) is 47.4 Å². The molecule has 1 N–H and O–H groups in total. The fourth-order valence-electron chi connectivity index (χ4n) is 2.81. The lowest BCUT2D eigenvalue weighted by Gasteiger charge is -2.12. The van der Waals surface area contributed by atoms with Gasteiger partial charge in [0.2, 0.25) is 5.91 Å². The second-order valence-corrected chi connectivity index (χ2v) is 9.13. The summed E-state index contributed by atoms with van der Waals surface area (Å²) in [5.74, 6) is 0.930. The molecule has 0 bridgehead atoms. The summed E-state index contributed by atoms with van der Waals surface area (Å²) < 4.78 is 2.66. The second-order valence-electron chi connectivity index (χ2n) is 7.15. The van der Waals surface area contributed by atoms with Gasteiger partial charge >= 0.3 is 0 Å². The van der Waals surface area contributed by atoms with Crippen molar-refractivity contribution in [2.75, 3.05) is 5.75 Å². The first-order valence-corrected chi connectivity index (χ1v) is 11.3. The number of benzene rings is 1. The van der Waals surface area contributed by atoms with Crippen molar-refractivity contribution in [3.8, 4) is 0 Å². The Morgan fingerprint density at radius 1 is 1.25 bits per heavy atom. The van der Waals surface area contributed by atoms with Gasteiger partial charge in [0.1, 0.15) is 0 Å². The minimum Gasteiger partial charge on any atom is -0.354 e. The van der Waals surface area contributed by atoms with Gasteiger partial charge in [0.15, 0.2) is 5.16 Å². The Morgan fingerprint density at radius 2 is 1.93 bits per heavy atom. The van der Waals surface area contributed by atoms with Gasteiger partial charge in [-0.3, -0.25) is 14.2 Å². The SMILES string of the molecule is Cc1nc(SCCCCC(=O)NC(C)C)n(C)c(=O)c1Cc1ccc(Br)cc1. The first-order chi connectivity index (χ1) is 13.3. The van der Waals surface area contributed by atoms with E-state index in [-0.39, 0.29) is 17.5 Å². The molecule has 28 heavy (non-hydrogen) atoms. The van der Waals surface area contributed by atoms with Crippen molar-refractivity contribution >= 4 is 33.6 Å². The molecule has 0 saturated heterocycles. The number of hydrogen-bond acceptors (Lipinski definition) is 4. The molecule has 7 heteroatoms. The maximum Gasteiger partial charge on any atom is 0.257 e. The van der Waals surface area contributed by atoms with Gasteiger partial charge in [0.25, 0.3) is 5.56 Å². The van der Waals surface area contributed by atoms with E-state index in [2.05, 4.69) is 26.2 Å². The molecule has 2 aromatic rings. The molecule has 5 nitrogen and oxygen atoms in total. The molecule has 1 aromatic carbocycles. The van der Waals surface area contributed by atoms with Crippen molar-refractivity contribution in [3.05, 3.63) is 55.9 Å². The molecular weight excluding hydrogens is 438 g/mol. The molecule has 0 fully saturated rings. The van der Waals surface area contributed by atoms with Crippen molar-refractivity contribution in [1.29, 1.82) is 0 Å². The van der Waals surface area contributed by atoms with Gasteiger partial charge in [-0.1, -0.05) is 39.8 Å². The highest BCUT2D eigenvalue weighted by Gasteiger charge is 2.13. The zero-order valence-corrected chi connectivity index (χ0v) is 19.3. The molecule has 152 valence electrons. The molecule has 0 spiro atoms. The zero-order valence-electron chi connectivity index (χ0n) is 16.9. The molecule has 0 unspecified atom stereocenters. The van der Waals surface area contributed by atoms with E-state index in [1.54, 1.807) is 23.4 Å². The third-order valence-electron chi connectivity index (χ3n) is 4.32. The Kier molecular flexibility index (Phi) is 8.76. The number of aryl methyl sites for hydroxylation is 1. The summed E-state index contributed by atoms with van der Waals surface area (Å²) in [7, 11) is 1.78. The van der Waals surface area contributed by atoms with Crippen molar-refractivity contribution in [3.63, 3.8) is 0 Å². The topological polar surface area (TPSA) is 64.0 Å². The highest BCUT2D eigenvalue weighted by molar-refractivity contribution is 9.10. The van der Waals surface area contributed by atoms with Gasteiger partial charge in [-0.05, 0) is 51.3 Å². The first kappa shape index (κ1) is 22.7. The van der Waals surface area contributed by atoms with Crippen molar-refractivity contribution < 1.29 is 4.79 Å². The van der Waals surface area contributed by atoms with Crippen LogP contribution in [0.2, 0.25) is 0 Å². The lowest BCUT2D eigenvalue weighted by atomic mass is 10.1. The molecule has 0 aliphatic rings. The van der Waals surface area contributed by atoms with E-state index < -0.39 is 0 Å². The van der Waals surface area contributed by atoms with E-state index in [0.717, 1.165) is 45.0 Å². The molecule has 0 aliphatic carbocycles. The van der Waals surface area contributed by atoms with Gasteiger partial charge in [-0.25, -0.2) is 4.98 Å². The summed E-state index contributed by atoms with van der Waals surface area (Å²) in [6.45, 7) is 5.82. The van der Waals surface area contributed by atoms with Gasteiger partial charge in [-0.15, -0.1) is 0 Å². The summed E-state index contributed by atoms with van der Waals surface area (Å²) in [6, 6.07) is 8.17. The average molecular weight is 466 g/mol. The van der Waals surface area contributed by atoms with E-state index in [1.165, 1.54) is 0 Å². The van der Waals surface area contributed by atoms with Crippen molar-refractivity contribution in [1.82, 2.24) is 14.9 Å². The number of carbonyl (C=O) groups is 1. The number of rotatable bonds is 9. The largest absolute Gasteiger partial charge is 0.354 e. The van der Waals surface area contributed by atoms with Crippen LogP contribution in [0.4, 0.5) is 0 Å². The lowest BCUT2D eigenvalue weighted by Crippen LogP contribution is -2.29. The zero-order chi connectivity index (χ0) is 20.7. The molecular formula is C21H28BrN3O2S. The van der Waals surface area contributed by atoms with Crippen LogP contribution in [-0.4, -0.2) is 27.3 Å². The Hall–Kier alpha value is -1.60. The number of carbonyl (C=O) groups excluding carboxylic acids is 1. The molecule has 0 aliphatic heterocycles. The number of nitrogens with zero attached hydrogens (tertiary/aromatic N) is 2. The van der Waals surface area contributed by atoms with Gasteiger partial charge in [-0.2, -0.15) is 0 Å². The van der Waals surface area contributed by atoms with Crippen molar-refractivity contribution in [2.45, 2.75) is 57.7 Å². The predicted molar refractivity (Wildman–Crippen MR) is 119 cm³/mol. The van der Waals surface area contributed by atoms with Crippen LogP contribution in [0.25, 0.3) is 0 Å². The minimum absolute atomic E-state index is 0.00855. The maximum atomic E-state index is 12.8. The number of unbranched alkanes of at least 4 members (excludes halogenated alkanes) is 1. The van der Waals surface area contributed by atoms with Gasteiger partial charge in [0.05, 0.1) is 0 Å². The first-order valence-electron chi connectivity index (χ1n) is 9.51. The fourth-order valence-corrected chi connectivity index (χ4v) is 4.09. The fraction of sp³-hybridized carbons (Fsp3) is 0.476. The molecule has 1 heterocycles. The number of aromatic nitrogens is 2. The lowest BCUT2D eigenvalue weighted by molar-refractivity contribution is -0.121. The van der Waals surface area contributed by atoms with Crippen LogP contribution < -0.4 is 10.9 Å². The summed E-state index contributed by atoms with van der Waals surface area (Å²) >= 11 is 5.00. The Bertz CT molecular complexity index is 863. The summed E-state index contributed by atoms with van der Waals surface area (Å²) in [5.41, 5.74) is 2.61. The molecule has 0 saturated carbocycles. The number of amides is 1. The number of nitrogens with one attached hydrogen (secondary N) is 1. The van der Waals surface area contributed by atoms with Crippen LogP contribution in [0.15, 0.2) is 38.7 Å². The van der Waals surface area contributed by atoms with Crippen LogP contribution in [0.1, 0.15) is 49.9 Å². The normalized spacial score (nSPS) is 11.1. The number of hydrogen-bond donors (Lipinski definition) is 1. The minimum atomic E-state index is 0.00855.